The number of nitrogens with one attached hydrogen (secondary N) is 1. The summed E-state index contributed by atoms with van der Waals surface area (Å²) in [6, 6.07) is -0.811. The Morgan fingerprint density at radius 2 is 0.907 bits per heavy atom. The third kappa shape index (κ3) is 30.5. The molecule has 54 heavy (non-hydrogen) atoms. The Kier molecular flexibility index (Phi) is 35.1. The summed E-state index contributed by atoms with van der Waals surface area (Å²) in [5.41, 5.74) is 10.9. The number of hydrogen-bond donors (Lipinski definition) is 3. The highest BCUT2D eigenvalue weighted by atomic mass is 16.5. The topological polar surface area (TPSA) is 172 Å². The minimum absolute atomic E-state index is 0.0239. The van der Waals surface area contributed by atoms with Crippen LogP contribution in [0, 0.1) is 11.8 Å². The summed E-state index contributed by atoms with van der Waals surface area (Å²) < 4.78 is 16.7. The predicted molar refractivity (Wildman–Crippen MR) is 220 cm³/mol. The van der Waals surface area contributed by atoms with Crippen LogP contribution in [0.1, 0.15) is 201 Å². The van der Waals surface area contributed by atoms with Crippen LogP contribution in [0.4, 0.5) is 0 Å². The Balaban J connectivity index is 4.28. The molecular formula is C43H82N4O7. The van der Waals surface area contributed by atoms with Gasteiger partial charge in [0.25, 0.3) is 0 Å². The van der Waals surface area contributed by atoms with Gasteiger partial charge in [0.15, 0.2) is 5.96 Å². The molecule has 11 heteroatoms. The molecule has 316 valence electrons. The van der Waals surface area contributed by atoms with E-state index in [1.54, 1.807) is 0 Å². The summed E-state index contributed by atoms with van der Waals surface area (Å²) in [6.07, 6.45) is 25.3. The fourth-order valence-electron chi connectivity index (χ4n) is 6.54. The molecule has 0 radical (unpaired) electrons. The van der Waals surface area contributed by atoms with E-state index in [1.807, 2.05) is 0 Å². The van der Waals surface area contributed by atoms with Crippen molar-refractivity contribution < 1.29 is 33.4 Å². The van der Waals surface area contributed by atoms with Crippen LogP contribution in [-0.2, 0) is 33.4 Å². The number of amides is 1. The van der Waals surface area contributed by atoms with Crippen molar-refractivity contribution in [2.45, 2.75) is 207 Å². The Labute approximate surface area is 329 Å². The standard InChI is InChI=1S/C43H82N4O7/c1-5-9-12-21-29-37(27-11-7-3)41(50)53-34-24-19-15-16-22-30-39(48)47-38(31-32-46-43(44)45)42(51)54-35-25-18-14-13-17-23-33-52-40(49)36(26-8-4)28-20-10-6-2/h36-38H,5-35H2,1-4H3,(H,47,48)(H4,44,45,46)/t36?,37?,38-/m0/s1. The van der Waals surface area contributed by atoms with E-state index in [-0.39, 0.29) is 55.2 Å². The number of carbonyl (C=O) groups is 4. The summed E-state index contributed by atoms with van der Waals surface area (Å²) in [7, 11) is 0. The number of rotatable bonds is 38. The van der Waals surface area contributed by atoms with Crippen LogP contribution in [0.5, 0.6) is 0 Å². The van der Waals surface area contributed by atoms with Crippen molar-refractivity contribution >= 4 is 29.8 Å². The van der Waals surface area contributed by atoms with Crippen molar-refractivity contribution in [1.29, 1.82) is 0 Å². The average Bonchev–Trinajstić information content (AvgIpc) is 3.15. The molecule has 0 spiro atoms. The fourth-order valence-corrected chi connectivity index (χ4v) is 6.54. The number of aliphatic imine (C=N–C) groups is 1. The molecule has 1 amide bonds. The largest absolute Gasteiger partial charge is 0.465 e. The van der Waals surface area contributed by atoms with E-state index in [1.165, 1.54) is 19.3 Å². The van der Waals surface area contributed by atoms with Crippen LogP contribution in [-0.4, -0.2) is 62.2 Å². The molecule has 0 aliphatic rings. The van der Waals surface area contributed by atoms with E-state index in [0.29, 0.717) is 26.1 Å². The quantitative estimate of drug-likeness (QED) is 0.0182. The number of hydrogen-bond acceptors (Lipinski definition) is 8. The van der Waals surface area contributed by atoms with E-state index in [2.05, 4.69) is 38.0 Å². The van der Waals surface area contributed by atoms with Gasteiger partial charge in [-0.05, 0) is 57.8 Å². The average molecular weight is 767 g/mol. The number of nitrogens with zero attached hydrogens (tertiary/aromatic N) is 1. The van der Waals surface area contributed by atoms with Gasteiger partial charge in [-0.2, -0.15) is 0 Å². The lowest BCUT2D eigenvalue weighted by atomic mass is 9.95. The minimum Gasteiger partial charge on any atom is -0.465 e. The highest BCUT2D eigenvalue weighted by Crippen LogP contribution is 2.20. The first-order chi connectivity index (χ1) is 26.2. The first kappa shape index (κ1) is 51.1. The third-order valence-corrected chi connectivity index (χ3v) is 9.92. The van der Waals surface area contributed by atoms with Crippen molar-refractivity contribution in [1.82, 2.24) is 5.32 Å². The number of ether oxygens (including phenoxy) is 3. The van der Waals surface area contributed by atoms with E-state index in [4.69, 9.17) is 25.7 Å². The van der Waals surface area contributed by atoms with Gasteiger partial charge in [-0.1, -0.05) is 137 Å². The van der Waals surface area contributed by atoms with Crippen molar-refractivity contribution in [2.75, 3.05) is 26.4 Å². The van der Waals surface area contributed by atoms with Crippen LogP contribution in [0.2, 0.25) is 0 Å². The van der Waals surface area contributed by atoms with Gasteiger partial charge >= 0.3 is 17.9 Å². The molecule has 5 N–H and O–H groups in total. The van der Waals surface area contributed by atoms with Gasteiger partial charge < -0.3 is 31.0 Å². The molecule has 0 aromatic rings. The summed E-state index contributed by atoms with van der Waals surface area (Å²) in [4.78, 5) is 54.6. The van der Waals surface area contributed by atoms with E-state index in [9.17, 15) is 19.2 Å². The van der Waals surface area contributed by atoms with Crippen molar-refractivity contribution in [3.8, 4) is 0 Å². The highest BCUT2D eigenvalue weighted by Gasteiger charge is 2.22. The van der Waals surface area contributed by atoms with Gasteiger partial charge in [0, 0.05) is 13.0 Å². The maximum absolute atomic E-state index is 12.9. The van der Waals surface area contributed by atoms with Gasteiger partial charge in [-0.25, -0.2) is 4.79 Å². The number of guanidine groups is 1. The first-order valence-corrected chi connectivity index (χ1v) is 22.0. The smallest absolute Gasteiger partial charge is 0.328 e. The molecular weight excluding hydrogens is 684 g/mol. The van der Waals surface area contributed by atoms with Crippen LogP contribution in [0.15, 0.2) is 4.99 Å². The molecule has 0 saturated carbocycles. The summed E-state index contributed by atoms with van der Waals surface area (Å²) in [5, 5.41) is 2.82. The zero-order valence-electron chi connectivity index (χ0n) is 35.1. The lowest BCUT2D eigenvalue weighted by Crippen LogP contribution is -2.42. The molecule has 0 aromatic heterocycles. The van der Waals surface area contributed by atoms with Gasteiger partial charge in [-0.15, -0.1) is 0 Å². The molecule has 0 rings (SSSR count). The molecule has 0 aliphatic heterocycles. The first-order valence-electron chi connectivity index (χ1n) is 22.0. The number of esters is 3. The Hall–Kier alpha value is -2.85. The molecule has 0 fully saturated rings. The van der Waals surface area contributed by atoms with Gasteiger partial charge in [0.2, 0.25) is 5.91 Å². The number of carbonyl (C=O) groups excluding carboxylic acids is 4. The maximum Gasteiger partial charge on any atom is 0.328 e. The van der Waals surface area contributed by atoms with Gasteiger partial charge in [0.1, 0.15) is 6.04 Å². The van der Waals surface area contributed by atoms with Crippen LogP contribution < -0.4 is 16.8 Å². The second-order valence-corrected chi connectivity index (χ2v) is 15.0. The van der Waals surface area contributed by atoms with Crippen molar-refractivity contribution in [3.05, 3.63) is 0 Å². The Morgan fingerprint density at radius 1 is 0.481 bits per heavy atom. The molecule has 0 bridgehead atoms. The zero-order valence-corrected chi connectivity index (χ0v) is 35.1. The maximum atomic E-state index is 12.9. The van der Waals surface area contributed by atoms with Gasteiger partial charge in [-0.3, -0.25) is 19.4 Å². The van der Waals surface area contributed by atoms with Gasteiger partial charge in [0.05, 0.1) is 31.7 Å². The SMILES string of the molecule is CCCCCCC(CCCC)C(=O)OCCCCCCCC(=O)N[C@@H](CCN=C(N)N)C(=O)OCCCCCCCCOC(=O)C(CCC)CCCCC. The predicted octanol–water partition coefficient (Wildman–Crippen LogP) is 9.22. The van der Waals surface area contributed by atoms with Crippen LogP contribution in [0.25, 0.3) is 0 Å². The molecule has 3 atom stereocenters. The zero-order chi connectivity index (χ0) is 40.1. The Bertz CT molecular complexity index is 973. The normalized spacial score (nSPS) is 12.7. The molecule has 0 aliphatic carbocycles. The molecule has 2 unspecified atom stereocenters. The minimum atomic E-state index is -0.811. The second kappa shape index (κ2) is 37.1. The van der Waals surface area contributed by atoms with E-state index >= 15 is 0 Å². The lowest BCUT2D eigenvalue weighted by molar-refractivity contribution is -0.150. The molecule has 0 aromatic carbocycles. The van der Waals surface area contributed by atoms with Crippen LogP contribution >= 0.6 is 0 Å². The Morgan fingerprint density at radius 3 is 1.43 bits per heavy atom. The second-order valence-electron chi connectivity index (χ2n) is 15.0. The number of unbranched alkanes of at least 4 members (excludes halogenated alkanes) is 15. The lowest BCUT2D eigenvalue weighted by Gasteiger charge is -2.17. The van der Waals surface area contributed by atoms with Crippen LogP contribution in [0.3, 0.4) is 0 Å². The van der Waals surface area contributed by atoms with E-state index < -0.39 is 12.0 Å². The number of nitrogens with two attached hydrogens (primary N) is 2. The monoisotopic (exact) mass is 767 g/mol. The third-order valence-electron chi connectivity index (χ3n) is 9.92. The highest BCUT2D eigenvalue weighted by molar-refractivity contribution is 5.84. The van der Waals surface area contributed by atoms with Crippen molar-refractivity contribution in [2.24, 2.45) is 28.3 Å². The summed E-state index contributed by atoms with van der Waals surface area (Å²) in [5.74, 6) is -0.757. The molecule has 0 heterocycles. The fraction of sp³-hybridized carbons (Fsp3) is 0.884. The molecule has 0 saturated heterocycles. The van der Waals surface area contributed by atoms with E-state index in [0.717, 1.165) is 135 Å². The summed E-state index contributed by atoms with van der Waals surface area (Å²) in [6.45, 7) is 10.1. The molecule has 11 nitrogen and oxygen atoms in total. The summed E-state index contributed by atoms with van der Waals surface area (Å²) >= 11 is 0. The van der Waals surface area contributed by atoms with Crippen molar-refractivity contribution in [3.63, 3.8) is 0 Å².